The molecule has 17 heavy (non-hydrogen) atoms. The first kappa shape index (κ1) is 15.6. The molecule has 2 atom stereocenters. The van der Waals surface area contributed by atoms with Crippen LogP contribution in [0.5, 0.6) is 0 Å². The summed E-state index contributed by atoms with van der Waals surface area (Å²) in [6.45, 7) is -0.498. The molecule has 2 N–H and O–H groups in total. The van der Waals surface area contributed by atoms with Crippen molar-refractivity contribution >= 4 is 33.6 Å². The Hall–Kier alpha value is 0.530. The Kier molecular flexibility index (Phi) is 6.60. The molecular weight excluding hydrogens is 284 g/mol. The summed E-state index contributed by atoms with van der Waals surface area (Å²) in [5, 5.41) is 18.4. The SMILES string of the molecule is CS(=O)(=O)O[C@H](CC1SCCCS1)[C@H](O)CO. The summed E-state index contributed by atoms with van der Waals surface area (Å²) in [7, 11) is -3.62. The third kappa shape index (κ3) is 6.30. The predicted molar refractivity (Wildman–Crippen MR) is 70.7 cm³/mol. The maximum absolute atomic E-state index is 11.1. The fraction of sp³-hybridized carbons (Fsp3) is 1.00. The van der Waals surface area contributed by atoms with Gasteiger partial charge in [-0.25, -0.2) is 0 Å². The minimum absolute atomic E-state index is 0.219. The van der Waals surface area contributed by atoms with Crippen LogP contribution in [0.1, 0.15) is 12.8 Å². The molecule has 1 rings (SSSR count). The topological polar surface area (TPSA) is 83.8 Å². The fourth-order valence-corrected chi connectivity index (χ4v) is 5.07. The number of hydrogen-bond acceptors (Lipinski definition) is 7. The molecule has 0 aromatic rings. The molecule has 0 radical (unpaired) electrons. The van der Waals surface area contributed by atoms with Crippen molar-refractivity contribution in [3.8, 4) is 0 Å². The average molecular weight is 302 g/mol. The van der Waals surface area contributed by atoms with Crippen molar-refractivity contribution in [2.45, 2.75) is 29.6 Å². The number of aliphatic hydroxyl groups excluding tert-OH is 2. The van der Waals surface area contributed by atoms with E-state index in [9.17, 15) is 13.5 Å². The maximum Gasteiger partial charge on any atom is 0.264 e. The Morgan fingerprint density at radius 3 is 2.47 bits per heavy atom. The largest absolute Gasteiger partial charge is 0.394 e. The van der Waals surface area contributed by atoms with Gasteiger partial charge in [-0.3, -0.25) is 4.18 Å². The molecule has 5 nitrogen and oxygen atoms in total. The van der Waals surface area contributed by atoms with Gasteiger partial charge in [-0.15, -0.1) is 23.5 Å². The van der Waals surface area contributed by atoms with E-state index in [1.807, 2.05) is 0 Å². The average Bonchev–Trinajstić information content (AvgIpc) is 2.27. The highest BCUT2D eigenvalue weighted by molar-refractivity contribution is 8.17. The van der Waals surface area contributed by atoms with Gasteiger partial charge in [-0.05, 0) is 24.3 Å². The van der Waals surface area contributed by atoms with E-state index in [0.29, 0.717) is 6.42 Å². The summed E-state index contributed by atoms with van der Waals surface area (Å²) in [5.74, 6) is 2.08. The van der Waals surface area contributed by atoms with Crippen LogP contribution < -0.4 is 0 Å². The molecule has 0 aromatic heterocycles. The Bertz CT molecular complexity index is 313. The molecule has 1 aliphatic heterocycles. The summed E-state index contributed by atoms with van der Waals surface area (Å²) in [6, 6.07) is 0. The number of aliphatic hydroxyl groups is 2. The second-order valence-corrected chi connectivity index (χ2v) is 8.37. The van der Waals surface area contributed by atoms with Gasteiger partial charge in [0.05, 0.1) is 17.4 Å². The van der Waals surface area contributed by atoms with E-state index < -0.39 is 28.9 Å². The Morgan fingerprint density at radius 2 is 2.00 bits per heavy atom. The quantitative estimate of drug-likeness (QED) is 0.681. The van der Waals surface area contributed by atoms with Gasteiger partial charge in [-0.2, -0.15) is 8.42 Å². The van der Waals surface area contributed by atoms with Crippen molar-refractivity contribution < 1.29 is 22.8 Å². The number of rotatable bonds is 6. The highest BCUT2D eigenvalue weighted by Crippen LogP contribution is 2.34. The van der Waals surface area contributed by atoms with Gasteiger partial charge in [0.2, 0.25) is 0 Å². The highest BCUT2D eigenvalue weighted by atomic mass is 32.2. The Labute approximate surface area is 110 Å². The molecule has 1 heterocycles. The first-order chi connectivity index (χ1) is 7.92. The summed E-state index contributed by atoms with van der Waals surface area (Å²) in [5.41, 5.74) is 0. The van der Waals surface area contributed by atoms with Gasteiger partial charge in [0.25, 0.3) is 10.1 Å². The molecule has 0 saturated carbocycles. The molecule has 0 unspecified atom stereocenters. The van der Waals surface area contributed by atoms with Crippen LogP contribution in [0.4, 0.5) is 0 Å². The lowest BCUT2D eigenvalue weighted by atomic mass is 10.2. The van der Waals surface area contributed by atoms with E-state index in [2.05, 4.69) is 0 Å². The molecule has 1 aliphatic rings. The van der Waals surface area contributed by atoms with Crippen LogP contribution in [-0.2, 0) is 14.3 Å². The van der Waals surface area contributed by atoms with Crippen molar-refractivity contribution in [3.05, 3.63) is 0 Å². The van der Waals surface area contributed by atoms with Crippen molar-refractivity contribution in [1.29, 1.82) is 0 Å². The minimum atomic E-state index is -3.62. The van der Waals surface area contributed by atoms with E-state index in [4.69, 9.17) is 9.29 Å². The summed E-state index contributed by atoms with van der Waals surface area (Å²) in [4.78, 5) is 0. The lowest BCUT2D eigenvalue weighted by Gasteiger charge is -2.27. The first-order valence-corrected chi connectivity index (χ1v) is 9.24. The molecule has 8 heteroatoms. The standard InChI is InChI=1S/C9H18O5S3/c1-17(12,13)14-8(7(11)6-10)5-9-15-3-2-4-16-9/h7-11H,2-6H2,1H3/t7-,8-/m1/s1. The molecular formula is C9H18O5S3. The van der Waals surface area contributed by atoms with E-state index in [0.717, 1.165) is 24.2 Å². The van der Waals surface area contributed by atoms with Crippen LogP contribution in [0.3, 0.4) is 0 Å². The zero-order valence-electron chi connectivity index (χ0n) is 9.61. The van der Waals surface area contributed by atoms with Gasteiger partial charge < -0.3 is 10.2 Å². The normalized spacial score (nSPS) is 22.3. The summed E-state index contributed by atoms with van der Waals surface area (Å²) in [6.07, 6.45) is 0.493. The Balaban J connectivity index is 2.56. The van der Waals surface area contributed by atoms with Crippen LogP contribution >= 0.6 is 23.5 Å². The van der Waals surface area contributed by atoms with E-state index in [-0.39, 0.29) is 4.58 Å². The second kappa shape index (κ2) is 7.20. The molecule has 1 fully saturated rings. The number of hydrogen-bond donors (Lipinski definition) is 2. The van der Waals surface area contributed by atoms with Crippen LogP contribution in [0.2, 0.25) is 0 Å². The molecule has 0 aliphatic carbocycles. The van der Waals surface area contributed by atoms with Gasteiger partial charge in [0.1, 0.15) is 12.2 Å². The summed E-state index contributed by atoms with van der Waals surface area (Å²) >= 11 is 3.48. The van der Waals surface area contributed by atoms with Gasteiger partial charge >= 0.3 is 0 Å². The molecule has 0 spiro atoms. The zero-order chi connectivity index (χ0) is 12.9. The van der Waals surface area contributed by atoms with Crippen molar-refractivity contribution in [2.75, 3.05) is 24.4 Å². The molecule has 0 amide bonds. The van der Waals surface area contributed by atoms with Crippen LogP contribution in [-0.4, -0.2) is 59.8 Å². The molecule has 1 saturated heterocycles. The zero-order valence-corrected chi connectivity index (χ0v) is 12.1. The van der Waals surface area contributed by atoms with Gasteiger partial charge in [0.15, 0.2) is 0 Å². The van der Waals surface area contributed by atoms with Gasteiger partial charge in [-0.1, -0.05) is 0 Å². The van der Waals surface area contributed by atoms with Crippen LogP contribution in [0, 0.1) is 0 Å². The maximum atomic E-state index is 11.1. The summed E-state index contributed by atoms with van der Waals surface area (Å²) < 4.78 is 27.2. The van der Waals surface area contributed by atoms with Crippen LogP contribution in [0.25, 0.3) is 0 Å². The fourth-order valence-electron chi connectivity index (χ4n) is 1.46. The van der Waals surface area contributed by atoms with Crippen molar-refractivity contribution in [2.24, 2.45) is 0 Å². The molecule has 0 bridgehead atoms. The van der Waals surface area contributed by atoms with E-state index >= 15 is 0 Å². The third-order valence-corrected chi connectivity index (χ3v) is 5.83. The number of thioether (sulfide) groups is 2. The smallest absolute Gasteiger partial charge is 0.264 e. The highest BCUT2D eigenvalue weighted by Gasteiger charge is 2.28. The van der Waals surface area contributed by atoms with E-state index in [1.165, 1.54) is 0 Å². The Morgan fingerprint density at radius 1 is 1.41 bits per heavy atom. The van der Waals surface area contributed by atoms with Crippen LogP contribution in [0.15, 0.2) is 0 Å². The van der Waals surface area contributed by atoms with Crippen molar-refractivity contribution in [1.82, 2.24) is 0 Å². The molecule has 0 aromatic carbocycles. The molecule has 102 valence electrons. The second-order valence-electron chi connectivity index (χ2n) is 3.85. The van der Waals surface area contributed by atoms with E-state index in [1.54, 1.807) is 23.5 Å². The monoisotopic (exact) mass is 302 g/mol. The van der Waals surface area contributed by atoms with Gasteiger partial charge in [0, 0.05) is 0 Å². The minimum Gasteiger partial charge on any atom is -0.394 e. The lowest BCUT2D eigenvalue weighted by molar-refractivity contribution is 0.00103. The lowest BCUT2D eigenvalue weighted by Crippen LogP contribution is -2.36. The first-order valence-electron chi connectivity index (χ1n) is 5.33. The predicted octanol–water partition coefficient (Wildman–Crippen LogP) is 0.271. The third-order valence-electron chi connectivity index (χ3n) is 2.24. The van der Waals surface area contributed by atoms with Crippen molar-refractivity contribution in [3.63, 3.8) is 0 Å².